The molecule has 126 valence electrons. The zero-order valence-corrected chi connectivity index (χ0v) is 14.0. The van der Waals surface area contributed by atoms with Gasteiger partial charge in [-0.15, -0.1) is 0 Å². The van der Waals surface area contributed by atoms with Crippen molar-refractivity contribution in [3.05, 3.63) is 77.5 Å². The van der Waals surface area contributed by atoms with Gasteiger partial charge in [0.1, 0.15) is 11.4 Å². The Bertz CT molecular complexity index is 899. The second-order valence-electron chi connectivity index (χ2n) is 5.67. The topological polar surface area (TPSA) is 76.0 Å². The molecule has 0 aliphatic rings. The smallest absolute Gasteiger partial charge is 0.261 e. The molecular formula is C19H18N4O2. The Morgan fingerprint density at radius 1 is 0.920 bits per heavy atom. The molecule has 0 atom stereocenters. The van der Waals surface area contributed by atoms with Crippen molar-refractivity contribution in [2.75, 3.05) is 10.6 Å². The van der Waals surface area contributed by atoms with Crippen molar-refractivity contribution in [3.63, 3.8) is 0 Å². The minimum Gasteiger partial charge on any atom is -0.322 e. The van der Waals surface area contributed by atoms with E-state index in [-0.39, 0.29) is 11.8 Å². The zero-order chi connectivity index (χ0) is 17.8. The summed E-state index contributed by atoms with van der Waals surface area (Å²) >= 11 is 0. The van der Waals surface area contributed by atoms with E-state index in [2.05, 4.69) is 15.7 Å². The van der Waals surface area contributed by atoms with Crippen molar-refractivity contribution in [2.24, 2.45) is 7.05 Å². The number of hydrogen-bond donors (Lipinski definition) is 2. The maximum Gasteiger partial charge on any atom is 0.261 e. The van der Waals surface area contributed by atoms with E-state index in [1.807, 2.05) is 37.3 Å². The molecular weight excluding hydrogens is 316 g/mol. The van der Waals surface area contributed by atoms with Crippen molar-refractivity contribution in [3.8, 4) is 0 Å². The number of nitrogens with zero attached hydrogens (tertiary/aromatic N) is 2. The summed E-state index contributed by atoms with van der Waals surface area (Å²) in [6.45, 7) is 1.98. The Hall–Kier alpha value is -3.41. The normalized spacial score (nSPS) is 10.3. The minimum absolute atomic E-state index is 0.298. The van der Waals surface area contributed by atoms with Crippen LogP contribution in [0.4, 0.5) is 11.5 Å². The summed E-state index contributed by atoms with van der Waals surface area (Å²) in [5.41, 5.74) is 2.59. The SMILES string of the molecule is Cc1ccc(NC(=O)c2cnn(C)c2NC(=O)c2ccccc2)cc1. The molecule has 2 amide bonds. The number of carbonyl (C=O) groups excluding carboxylic acids is 2. The Labute approximate surface area is 145 Å². The van der Waals surface area contributed by atoms with Crippen LogP contribution in [0.15, 0.2) is 60.8 Å². The Morgan fingerprint density at radius 3 is 2.28 bits per heavy atom. The van der Waals surface area contributed by atoms with E-state index >= 15 is 0 Å². The maximum absolute atomic E-state index is 12.5. The number of nitrogens with one attached hydrogen (secondary N) is 2. The van der Waals surface area contributed by atoms with Crippen LogP contribution in [0.3, 0.4) is 0 Å². The summed E-state index contributed by atoms with van der Waals surface area (Å²) in [6.07, 6.45) is 1.43. The first-order valence-corrected chi connectivity index (χ1v) is 7.81. The van der Waals surface area contributed by atoms with E-state index in [0.29, 0.717) is 22.6 Å². The summed E-state index contributed by atoms with van der Waals surface area (Å²) < 4.78 is 1.46. The van der Waals surface area contributed by atoms with Crippen molar-refractivity contribution >= 4 is 23.3 Å². The molecule has 0 aliphatic heterocycles. The fraction of sp³-hybridized carbons (Fsp3) is 0.105. The number of aryl methyl sites for hydroxylation is 2. The lowest BCUT2D eigenvalue weighted by atomic mass is 10.2. The quantitative estimate of drug-likeness (QED) is 0.769. The highest BCUT2D eigenvalue weighted by atomic mass is 16.2. The first kappa shape index (κ1) is 16.4. The zero-order valence-electron chi connectivity index (χ0n) is 14.0. The van der Waals surface area contributed by atoms with Crippen LogP contribution in [0.1, 0.15) is 26.3 Å². The molecule has 2 aromatic carbocycles. The first-order chi connectivity index (χ1) is 12.0. The third-order valence-electron chi connectivity index (χ3n) is 3.76. The molecule has 0 fully saturated rings. The first-order valence-electron chi connectivity index (χ1n) is 7.81. The molecule has 6 heteroatoms. The van der Waals surface area contributed by atoms with Crippen LogP contribution in [0.5, 0.6) is 0 Å². The van der Waals surface area contributed by atoms with Gasteiger partial charge in [-0.2, -0.15) is 5.10 Å². The molecule has 1 aromatic heterocycles. The summed E-state index contributed by atoms with van der Waals surface area (Å²) in [5, 5.41) is 9.64. The van der Waals surface area contributed by atoms with Gasteiger partial charge < -0.3 is 10.6 Å². The summed E-state index contributed by atoms with van der Waals surface area (Å²) in [6, 6.07) is 16.3. The van der Waals surface area contributed by atoms with Gasteiger partial charge in [-0.25, -0.2) is 0 Å². The van der Waals surface area contributed by atoms with Crippen LogP contribution in [0, 0.1) is 6.92 Å². The van der Waals surface area contributed by atoms with Crippen LogP contribution < -0.4 is 10.6 Å². The van der Waals surface area contributed by atoms with Crippen molar-refractivity contribution < 1.29 is 9.59 Å². The molecule has 3 rings (SSSR count). The van der Waals surface area contributed by atoms with E-state index < -0.39 is 0 Å². The number of hydrogen-bond acceptors (Lipinski definition) is 3. The molecule has 0 unspecified atom stereocenters. The van der Waals surface area contributed by atoms with Crippen LogP contribution in [0.25, 0.3) is 0 Å². The molecule has 0 saturated heterocycles. The highest BCUT2D eigenvalue weighted by molar-refractivity contribution is 6.11. The van der Waals surface area contributed by atoms with Crippen molar-refractivity contribution in [1.29, 1.82) is 0 Å². The molecule has 0 bridgehead atoms. The van der Waals surface area contributed by atoms with Crippen LogP contribution in [0.2, 0.25) is 0 Å². The van der Waals surface area contributed by atoms with Gasteiger partial charge in [0, 0.05) is 18.3 Å². The third kappa shape index (κ3) is 3.74. The van der Waals surface area contributed by atoms with Crippen LogP contribution >= 0.6 is 0 Å². The molecule has 25 heavy (non-hydrogen) atoms. The van der Waals surface area contributed by atoms with Gasteiger partial charge in [0.15, 0.2) is 0 Å². The van der Waals surface area contributed by atoms with Crippen LogP contribution in [-0.2, 0) is 7.05 Å². The number of carbonyl (C=O) groups is 2. The molecule has 0 aliphatic carbocycles. The molecule has 1 heterocycles. The Kier molecular flexibility index (Phi) is 4.61. The second kappa shape index (κ2) is 7.00. The highest BCUT2D eigenvalue weighted by Crippen LogP contribution is 2.18. The van der Waals surface area contributed by atoms with Gasteiger partial charge in [-0.1, -0.05) is 35.9 Å². The largest absolute Gasteiger partial charge is 0.322 e. The highest BCUT2D eigenvalue weighted by Gasteiger charge is 2.19. The summed E-state index contributed by atoms with van der Waals surface area (Å²) in [4.78, 5) is 24.9. The van der Waals surface area contributed by atoms with E-state index in [9.17, 15) is 9.59 Å². The monoisotopic (exact) mass is 334 g/mol. The molecule has 3 aromatic rings. The lowest BCUT2D eigenvalue weighted by Crippen LogP contribution is -2.19. The standard InChI is InChI=1S/C19H18N4O2/c1-13-8-10-15(11-9-13)21-19(25)16-12-20-23(2)17(16)22-18(24)14-6-4-3-5-7-14/h3-12H,1-2H3,(H,21,25)(H,22,24). The lowest BCUT2D eigenvalue weighted by Gasteiger charge is -2.09. The average molecular weight is 334 g/mol. The number of anilines is 2. The molecule has 2 N–H and O–H groups in total. The van der Waals surface area contributed by atoms with Gasteiger partial charge in [-0.3, -0.25) is 14.3 Å². The molecule has 0 spiro atoms. The van der Waals surface area contributed by atoms with Crippen molar-refractivity contribution in [1.82, 2.24) is 9.78 Å². The van der Waals surface area contributed by atoms with Gasteiger partial charge in [0.25, 0.3) is 11.8 Å². The van der Waals surface area contributed by atoms with E-state index in [1.54, 1.807) is 31.3 Å². The maximum atomic E-state index is 12.5. The van der Waals surface area contributed by atoms with E-state index in [1.165, 1.54) is 10.9 Å². The average Bonchev–Trinajstić information content (AvgIpc) is 2.98. The van der Waals surface area contributed by atoms with Crippen LogP contribution in [-0.4, -0.2) is 21.6 Å². The second-order valence-corrected chi connectivity index (χ2v) is 5.67. The minimum atomic E-state index is -0.333. The third-order valence-corrected chi connectivity index (χ3v) is 3.76. The number of aromatic nitrogens is 2. The predicted octanol–water partition coefficient (Wildman–Crippen LogP) is 3.23. The summed E-state index contributed by atoms with van der Waals surface area (Å²) in [5.74, 6) is -0.285. The molecule has 0 saturated carbocycles. The van der Waals surface area contributed by atoms with Gasteiger partial charge in [0.05, 0.1) is 6.20 Å². The number of benzene rings is 2. The number of rotatable bonds is 4. The Balaban J connectivity index is 1.80. The van der Waals surface area contributed by atoms with E-state index in [4.69, 9.17) is 0 Å². The van der Waals surface area contributed by atoms with Gasteiger partial charge >= 0.3 is 0 Å². The number of amides is 2. The summed E-state index contributed by atoms with van der Waals surface area (Å²) in [7, 11) is 1.67. The Morgan fingerprint density at radius 2 is 1.60 bits per heavy atom. The van der Waals surface area contributed by atoms with Crippen molar-refractivity contribution in [2.45, 2.75) is 6.92 Å². The predicted molar refractivity (Wildman–Crippen MR) is 96.7 cm³/mol. The van der Waals surface area contributed by atoms with E-state index in [0.717, 1.165) is 5.56 Å². The fourth-order valence-corrected chi connectivity index (χ4v) is 2.36. The fourth-order valence-electron chi connectivity index (χ4n) is 2.36. The van der Waals surface area contributed by atoms with Gasteiger partial charge in [0.2, 0.25) is 0 Å². The molecule has 0 radical (unpaired) electrons. The lowest BCUT2D eigenvalue weighted by molar-refractivity contribution is 0.102. The van der Waals surface area contributed by atoms with Gasteiger partial charge in [-0.05, 0) is 31.2 Å². The molecule has 6 nitrogen and oxygen atoms in total.